The minimum atomic E-state index is -1.33. The molecule has 13 heteroatoms. The van der Waals surface area contributed by atoms with Crippen molar-refractivity contribution in [2.24, 2.45) is 11.8 Å². The highest BCUT2D eigenvalue weighted by Gasteiger charge is 2.55. The maximum atomic E-state index is 14.6. The molecule has 0 bridgehead atoms. The lowest BCUT2D eigenvalue weighted by Crippen LogP contribution is -2.60. The lowest BCUT2D eigenvalue weighted by atomic mass is 9.65. The van der Waals surface area contributed by atoms with Crippen LogP contribution in [0.1, 0.15) is 83.5 Å². The topological polar surface area (TPSA) is 145 Å². The number of benzene rings is 2. The van der Waals surface area contributed by atoms with E-state index in [0.717, 1.165) is 16.7 Å². The van der Waals surface area contributed by atoms with Crippen LogP contribution in [-0.2, 0) is 19.1 Å². The predicted molar refractivity (Wildman–Crippen MR) is 185 cm³/mol. The van der Waals surface area contributed by atoms with Crippen molar-refractivity contribution < 1.29 is 48.0 Å². The normalized spacial score (nSPS) is 24.2. The van der Waals surface area contributed by atoms with Gasteiger partial charge in [-0.1, -0.05) is 13.0 Å². The van der Waals surface area contributed by atoms with Crippen LogP contribution in [0.4, 0.5) is 0 Å². The Hall–Kier alpha value is -4.49. The molecular weight excluding hydrogens is 658 g/mol. The number of hydrogen-bond acceptors (Lipinski definition) is 11. The molecule has 6 rings (SSSR count). The summed E-state index contributed by atoms with van der Waals surface area (Å²) in [5.74, 6) is -0.484. The summed E-state index contributed by atoms with van der Waals surface area (Å²) in [5.41, 5.74) is -0.469. The van der Waals surface area contributed by atoms with E-state index in [1.54, 1.807) is 38.7 Å². The van der Waals surface area contributed by atoms with Gasteiger partial charge in [0.15, 0.2) is 23.0 Å². The molecule has 3 heterocycles. The van der Waals surface area contributed by atoms with Crippen molar-refractivity contribution in [2.45, 2.75) is 83.5 Å². The molecule has 2 aromatic rings. The fraction of sp³-hybridized carbons (Fsp3) is 0.553. The molecule has 0 radical (unpaired) electrons. The molecule has 0 unspecified atom stereocenters. The number of hydroxylamine groups is 2. The van der Waals surface area contributed by atoms with Gasteiger partial charge in [0.25, 0.3) is 5.91 Å². The van der Waals surface area contributed by atoms with E-state index >= 15 is 0 Å². The highest BCUT2D eigenvalue weighted by atomic mass is 16.7. The Balaban J connectivity index is 1.43. The first-order valence-electron chi connectivity index (χ1n) is 17.3. The van der Waals surface area contributed by atoms with Crippen LogP contribution in [0.15, 0.2) is 35.9 Å². The van der Waals surface area contributed by atoms with E-state index in [9.17, 15) is 19.6 Å². The Kier molecular flexibility index (Phi) is 9.20. The Morgan fingerprint density at radius 2 is 1.59 bits per heavy atom. The zero-order valence-electron chi connectivity index (χ0n) is 31.0. The third-order valence-corrected chi connectivity index (χ3v) is 10.9. The maximum absolute atomic E-state index is 14.6. The first-order valence-corrected chi connectivity index (χ1v) is 17.3. The van der Waals surface area contributed by atoms with Gasteiger partial charge in [-0.3, -0.25) is 14.4 Å². The maximum Gasteiger partial charge on any atom is 0.310 e. The Bertz CT molecular complexity index is 1760. The van der Waals surface area contributed by atoms with E-state index in [1.165, 1.54) is 26.4 Å². The second-order valence-corrected chi connectivity index (χ2v) is 15.1. The number of carbonyl (C=O) groups is 3. The minimum Gasteiger partial charge on any atom is -0.493 e. The first kappa shape index (κ1) is 36.3. The summed E-state index contributed by atoms with van der Waals surface area (Å²) in [6.45, 7) is 13.0. The molecule has 276 valence electrons. The van der Waals surface area contributed by atoms with Crippen LogP contribution in [0, 0.1) is 11.8 Å². The average Bonchev–Trinajstić information content (AvgIpc) is 3.76. The van der Waals surface area contributed by atoms with Crippen molar-refractivity contribution in [1.29, 1.82) is 0 Å². The SMILES string of the molecule is CCCN(C(=O)C1=CC(C)(C)N(O)C1(C)C)C(C)(C)C(=O)N[C@@H]1c2cc3c(cc2[C@@H](c2cc(OC)c(OC)c(OC)c2)[C@H]2C(=O)OC[C@@H]21)OCO3. The standard InChI is InChI=1S/C38H49N3O10/c1-11-12-40(33(42)24-17-36(2,3)41(45)37(24,4)5)38(6,7)35(44)39-31-22-16-26-25(50-19-51-26)15-21(22)29(30-23(31)18-49-34(30)43)20-13-27(46-8)32(48-10)28(14-20)47-9/h13-17,23,29-31,45H,11-12,18-19H2,1-10H3,(H,39,44)/t23-,29+,30-,31+/m0/s1. The molecule has 51 heavy (non-hydrogen) atoms. The fourth-order valence-corrected chi connectivity index (χ4v) is 8.22. The monoisotopic (exact) mass is 707 g/mol. The number of nitrogens with zero attached hydrogens (tertiary/aromatic N) is 2. The first-order chi connectivity index (χ1) is 24.0. The molecule has 0 aromatic heterocycles. The molecule has 1 saturated heterocycles. The summed E-state index contributed by atoms with van der Waals surface area (Å²) in [6, 6.07) is 6.70. The van der Waals surface area contributed by atoms with Gasteiger partial charge in [0, 0.05) is 24.0 Å². The second-order valence-electron chi connectivity index (χ2n) is 15.1. The predicted octanol–water partition coefficient (Wildman–Crippen LogP) is 4.74. The molecular formula is C38H49N3O10. The largest absolute Gasteiger partial charge is 0.493 e. The second kappa shape index (κ2) is 12.9. The molecule has 4 aliphatic rings. The molecule has 4 atom stereocenters. The third kappa shape index (κ3) is 5.74. The van der Waals surface area contributed by atoms with Gasteiger partial charge in [-0.2, -0.15) is 5.06 Å². The summed E-state index contributed by atoms with van der Waals surface area (Å²) >= 11 is 0. The molecule has 0 saturated carbocycles. The Morgan fingerprint density at radius 1 is 0.980 bits per heavy atom. The van der Waals surface area contributed by atoms with Gasteiger partial charge >= 0.3 is 5.97 Å². The van der Waals surface area contributed by atoms with Crippen LogP contribution >= 0.6 is 0 Å². The molecule has 2 aromatic carbocycles. The van der Waals surface area contributed by atoms with Gasteiger partial charge in [0.2, 0.25) is 18.4 Å². The third-order valence-electron chi connectivity index (χ3n) is 10.9. The fourth-order valence-electron chi connectivity index (χ4n) is 8.22. The van der Waals surface area contributed by atoms with Gasteiger partial charge in [-0.05, 0) is 88.9 Å². The number of rotatable bonds is 10. The van der Waals surface area contributed by atoms with Crippen LogP contribution in [0.2, 0.25) is 0 Å². The number of nitrogens with one attached hydrogen (secondary N) is 1. The molecule has 3 aliphatic heterocycles. The molecule has 2 N–H and O–H groups in total. The molecule has 1 fully saturated rings. The van der Waals surface area contributed by atoms with Crippen molar-refractivity contribution in [3.63, 3.8) is 0 Å². The number of cyclic esters (lactones) is 1. The van der Waals surface area contributed by atoms with E-state index < -0.39 is 52.3 Å². The quantitative estimate of drug-likeness (QED) is 0.331. The van der Waals surface area contributed by atoms with E-state index in [0.29, 0.717) is 47.3 Å². The van der Waals surface area contributed by atoms with E-state index in [1.807, 2.05) is 45.0 Å². The van der Waals surface area contributed by atoms with Crippen molar-refractivity contribution in [2.75, 3.05) is 41.3 Å². The molecule has 1 aliphatic carbocycles. The van der Waals surface area contributed by atoms with Crippen LogP contribution < -0.4 is 29.0 Å². The van der Waals surface area contributed by atoms with Crippen LogP contribution in [0.3, 0.4) is 0 Å². The molecule has 2 amide bonds. The number of hydrogen-bond donors (Lipinski definition) is 2. The summed E-state index contributed by atoms with van der Waals surface area (Å²) in [4.78, 5) is 44.2. The zero-order chi connectivity index (χ0) is 37.2. The number of esters is 1. The summed E-state index contributed by atoms with van der Waals surface area (Å²) in [6.07, 6.45) is 2.36. The smallest absolute Gasteiger partial charge is 0.310 e. The Labute approximate surface area is 298 Å². The molecule has 13 nitrogen and oxygen atoms in total. The van der Waals surface area contributed by atoms with Gasteiger partial charge in [0.05, 0.1) is 51.0 Å². The number of fused-ring (bicyclic) bond motifs is 3. The van der Waals surface area contributed by atoms with Gasteiger partial charge in [-0.25, -0.2) is 0 Å². The van der Waals surface area contributed by atoms with Crippen molar-refractivity contribution in [1.82, 2.24) is 15.3 Å². The average molecular weight is 708 g/mol. The minimum absolute atomic E-state index is 0.0361. The van der Waals surface area contributed by atoms with Crippen molar-refractivity contribution >= 4 is 17.8 Å². The molecule has 0 spiro atoms. The summed E-state index contributed by atoms with van der Waals surface area (Å²) in [5, 5.41) is 15.4. The lowest BCUT2D eigenvalue weighted by molar-refractivity contribution is -0.187. The van der Waals surface area contributed by atoms with Gasteiger partial charge < -0.3 is 43.8 Å². The van der Waals surface area contributed by atoms with E-state index in [4.69, 9.17) is 28.4 Å². The highest BCUT2D eigenvalue weighted by Crippen LogP contribution is 2.56. The van der Waals surface area contributed by atoms with E-state index in [-0.39, 0.29) is 19.3 Å². The zero-order valence-corrected chi connectivity index (χ0v) is 31.0. The summed E-state index contributed by atoms with van der Waals surface area (Å²) < 4.78 is 34.2. The van der Waals surface area contributed by atoms with Crippen LogP contribution in [0.5, 0.6) is 28.7 Å². The van der Waals surface area contributed by atoms with Crippen LogP contribution in [0.25, 0.3) is 0 Å². The van der Waals surface area contributed by atoms with E-state index in [2.05, 4.69) is 5.32 Å². The number of ether oxygens (including phenoxy) is 6. The lowest BCUT2D eigenvalue weighted by Gasteiger charge is -2.43. The Morgan fingerprint density at radius 3 is 2.12 bits per heavy atom. The summed E-state index contributed by atoms with van der Waals surface area (Å²) in [7, 11) is 4.59. The van der Waals surface area contributed by atoms with Crippen molar-refractivity contribution in [3.8, 4) is 28.7 Å². The number of amides is 2. The number of carbonyl (C=O) groups excluding carboxylic acids is 3. The van der Waals surface area contributed by atoms with Gasteiger partial charge in [-0.15, -0.1) is 0 Å². The van der Waals surface area contributed by atoms with Crippen molar-refractivity contribution in [3.05, 3.63) is 52.6 Å². The highest BCUT2D eigenvalue weighted by molar-refractivity contribution is 6.00. The van der Waals surface area contributed by atoms with Crippen LogP contribution in [-0.4, -0.2) is 90.8 Å². The van der Waals surface area contributed by atoms with Gasteiger partial charge in [0.1, 0.15) is 5.54 Å². The number of methoxy groups -OCH3 is 3.